The molecule has 31 heavy (non-hydrogen) atoms. The molecule has 0 aliphatic carbocycles. The van der Waals surface area contributed by atoms with E-state index in [-0.39, 0.29) is 18.3 Å². The van der Waals surface area contributed by atoms with E-state index in [2.05, 4.69) is 25.9 Å². The largest absolute Gasteiger partial charge is 0.507 e. The molecule has 0 spiro atoms. The SMILES string of the molecule is Nc1ncc(-c2ccc(Br)cc2)c(-c2ccc(OCc3ccc(Cl)c(Cl)c3)cc2O)n1. The van der Waals surface area contributed by atoms with E-state index < -0.39 is 0 Å². The second kappa shape index (κ2) is 9.14. The van der Waals surface area contributed by atoms with Gasteiger partial charge < -0.3 is 15.6 Å². The summed E-state index contributed by atoms with van der Waals surface area (Å²) in [6.07, 6.45) is 1.65. The molecule has 4 aromatic rings. The number of phenols is 1. The van der Waals surface area contributed by atoms with E-state index in [1.807, 2.05) is 30.3 Å². The van der Waals surface area contributed by atoms with Crippen molar-refractivity contribution >= 4 is 45.1 Å². The highest BCUT2D eigenvalue weighted by molar-refractivity contribution is 9.10. The van der Waals surface area contributed by atoms with Gasteiger partial charge >= 0.3 is 0 Å². The van der Waals surface area contributed by atoms with Crippen LogP contribution in [0.5, 0.6) is 11.5 Å². The van der Waals surface area contributed by atoms with Crippen molar-refractivity contribution < 1.29 is 9.84 Å². The number of rotatable bonds is 5. The zero-order chi connectivity index (χ0) is 22.0. The number of anilines is 1. The molecule has 8 heteroatoms. The molecule has 5 nitrogen and oxygen atoms in total. The number of nitrogens with two attached hydrogens (primary N) is 1. The van der Waals surface area contributed by atoms with Crippen molar-refractivity contribution in [2.45, 2.75) is 6.61 Å². The fraction of sp³-hybridized carbons (Fsp3) is 0.0435. The Morgan fingerprint density at radius 3 is 2.42 bits per heavy atom. The third-order valence-electron chi connectivity index (χ3n) is 4.58. The van der Waals surface area contributed by atoms with Crippen molar-refractivity contribution in [2.24, 2.45) is 0 Å². The fourth-order valence-corrected chi connectivity index (χ4v) is 3.62. The van der Waals surface area contributed by atoms with Crippen LogP contribution in [-0.2, 0) is 6.61 Å². The number of halogens is 3. The van der Waals surface area contributed by atoms with Crippen molar-refractivity contribution in [2.75, 3.05) is 5.73 Å². The van der Waals surface area contributed by atoms with Gasteiger partial charge in [0.2, 0.25) is 5.95 Å². The van der Waals surface area contributed by atoms with Gasteiger partial charge in [-0.1, -0.05) is 57.3 Å². The van der Waals surface area contributed by atoms with Gasteiger partial charge in [0.05, 0.1) is 15.7 Å². The van der Waals surface area contributed by atoms with Gasteiger partial charge in [-0.2, -0.15) is 0 Å². The van der Waals surface area contributed by atoms with Crippen LogP contribution in [0, 0.1) is 0 Å². The summed E-state index contributed by atoms with van der Waals surface area (Å²) >= 11 is 15.4. The number of hydrogen-bond acceptors (Lipinski definition) is 5. The lowest BCUT2D eigenvalue weighted by Crippen LogP contribution is -1.99. The Bertz CT molecular complexity index is 1250. The number of aromatic nitrogens is 2. The Balaban J connectivity index is 1.63. The molecule has 0 atom stereocenters. The summed E-state index contributed by atoms with van der Waals surface area (Å²) in [5.74, 6) is 0.637. The summed E-state index contributed by atoms with van der Waals surface area (Å²) in [4.78, 5) is 8.49. The first-order valence-corrected chi connectivity index (χ1v) is 10.7. The number of ether oxygens (including phenoxy) is 1. The van der Waals surface area contributed by atoms with Crippen LogP contribution in [0.4, 0.5) is 5.95 Å². The van der Waals surface area contributed by atoms with Gasteiger partial charge in [-0.25, -0.2) is 9.97 Å². The van der Waals surface area contributed by atoms with Crippen molar-refractivity contribution in [1.29, 1.82) is 0 Å². The summed E-state index contributed by atoms with van der Waals surface area (Å²) in [6.45, 7) is 0.278. The average Bonchev–Trinajstić information content (AvgIpc) is 2.75. The summed E-state index contributed by atoms with van der Waals surface area (Å²) in [7, 11) is 0. The van der Waals surface area contributed by atoms with Crippen LogP contribution in [0.15, 0.2) is 71.3 Å². The predicted octanol–water partition coefficient (Wildman–Crippen LogP) is 6.75. The third-order valence-corrected chi connectivity index (χ3v) is 5.84. The van der Waals surface area contributed by atoms with Crippen LogP contribution in [0.1, 0.15) is 5.56 Å². The molecule has 1 heterocycles. The minimum absolute atomic E-state index is 0.0168. The zero-order valence-electron chi connectivity index (χ0n) is 16.0. The van der Waals surface area contributed by atoms with Gasteiger partial charge in [0.25, 0.3) is 0 Å². The monoisotopic (exact) mass is 515 g/mol. The topological polar surface area (TPSA) is 81.3 Å². The van der Waals surface area contributed by atoms with E-state index in [4.69, 9.17) is 33.7 Å². The van der Waals surface area contributed by atoms with E-state index in [9.17, 15) is 5.11 Å². The molecule has 1 aromatic heterocycles. The molecule has 0 saturated carbocycles. The third kappa shape index (κ3) is 4.93. The van der Waals surface area contributed by atoms with E-state index in [1.165, 1.54) is 6.07 Å². The van der Waals surface area contributed by atoms with Crippen molar-refractivity contribution in [3.8, 4) is 33.9 Å². The number of benzene rings is 3. The van der Waals surface area contributed by atoms with Crippen LogP contribution in [0.3, 0.4) is 0 Å². The second-order valence-electron chi connectivity index (χ2n) is 6.71. The van der Waals surface area contributed by atoms with Crippen molar-refractivity contribution in [3.63, 3.8) is 0 Å². The van der Waals surface area contributed by atoms with E-state index in [1.54, 1.807) is 30.5 Å². The van der Waals surface area contributed by atoms with Crippen LogP contribution < -0.4 is 10.5 Å². The Hall–Kier alpha value is -2.80. The maximum absolute atomic E-state index is 10.7. The zero-order valence-corrected chi connectivity index (χ0v) is 19.1. The average molecular weight is 517 g/mol. The molecule has 3 N–H and O–H groups in total. The highest BCUT2D eigenvalue weighted by Crippen LogP contribution is 2.37. The number of hydrogen-bond donors (Lipinski definition) is 2. The van der Waals surface area contributed by atoms with E-state index in [0.717, 1.165) is 21.2 Å². The normalized spacial score (nSPS) is 10.8. The highest BCUT2D eigenvalue weighted by atomic mass is 79.9. The number of aromatic hydroxyl groups is 1. The molecule has 156 valence electrons. The maximum Gasteiger partial charge on any atom is 0.220 e. The highest BCUT2D eigenvalue weighted by Gasteiger charge is 2.15. The van der Waals surface area contributed by atoms with Gasteiger partial charge in [-0.05, 0) is 47.5 Å². The first-order chi connectivity index (χ1) is 14.9. The van der Waals surface area contributed by atoms with Crippen LogP contribution in [0.2, 0.25) is 10.0 Å². The lowest BCUT2D eigenvalue weighted by molar-refractivity contribution is 0.304. The van der Waals surface area contributed by atoms with Crippen molar-refractivity contribution in [1.82, 2.24) is 9.97 Å². The molecular formula is C23H16BrCl2N3O2. The standard InChI is InChI=1S/C23H16BrCl2N3O2/c24-15-4-2-14(3-5-15)18-11-28-23(27)29-22(18)17-7-6-16(10-21(17)30)31-12-13-1-8-19(25)20(26)9-13/h1-11,30H,12H2,(H2,27,28,29). The molecule has 0 amide bonds. The van der Waals surface area contributed by atoms with E-state index in [0.29, 0.717) is 27.1 Å². The van der Waals surface area contributed by atoms with Crippen molar-refractivity contribution in [3.05, 3.63) is 86.9 Å². The minimum atomic E-state index is 0.0168. The first kappa shape index (κ1) is 21.4. The van der Waals surface area contributed by atoms with Crippen LogP contribution in [0.25, 0.3) is 22.4 Å². The minimum Gasteiger partial charge on any atom is -0.507 e. The molecule has 0 bridgehead atoms. The molecule has 0 radical (unpaired) electrons. The Labute approximate surface area is 197 Å². The second-order valence-corrected chi connectivity index (χ2v) is 8.44. The molecule has 0 aliphatic heterocycles. The Kier molecular flexibility index (Phi) is 6.32. The summed E-state index contributed by atoms with van der Waals surface area (Å²) in [5.41, 5.74) is 9.39. The lowest BCUT2D eigenvalue weighted by atomic mass is 10.00. The number of nitrogens with zero attached hydrogens (tertiary/aromatic N) is 2. The molecule has 0 saturated heterocycles. The van der Waals surface area contributed by atoms with Crippen LogP contribution in [-0.4, -0.2) is 15.1 Å². The summed E-state index contributed by atoms with van der Waals surface area (Å²) in [5, 5.41) is 11.6. The smallest absolute Gasteiger partial charge is 0.220 e. The fourth-order valence-electron chi connectivity index (χ4n) is 3.04. The van der Waals surface area contributed by atoms with Gasteiger partial charge in [0.1, 0.15) is 18.1 Å². The van der Waals surface area contributed by atoms with E-state index >= 15 is 0 Å². The van der Waals surface area contributed by atoms with Gasteiger partial charge in [0.15, 0.2) is 0 Å². The molecule has 0 aliphatic rings. The molecule has 3 aromatic carbocycles. The number of phenolic OH excluding ortho intramolecular Hbond substituents is 1. The predicted molar refractivity (Wildman–Crippen MR) is 127 cm³/mol. The first-order valence-electron chi connectivity index (χ1n) is 9.19. The molecule has 0 unspecified atom stereocenters. The Morgan fingerprint density at radius 2 is 1.71 bits per heavy atom. The molecule has 4 rings (SSSR count). The van der Waals surface area contributed by atoms with Gasteiger partial charge in [-0.15, -0.1) is 0 Å². The summed E-state index contributed by atoms with van der Waals surface area (Å²) in [6, 6.07) is 18.1. The molecule has 0 fully saturated rings. The number of nitrogen functional groups attached to an aromatic ring is 1. The quantitative estimate of drug-likeness (QED) is 0.306. The van der Waals surface area contributed by atoms with Gasteiger partial charge in [-0.3, -0.25) is 0 Å². The Morgan fingerprint density at radius 1 is 0.935 bits per heavy atom. The van der Waals surface area contributed by atoms with Crippen LogP contribution >= 0.6 is 39.1 Å². The molecular weight excluding hydrogens is 501 g/mol. The maximum atomic E-state index is 10.7. The summed E-state index contributed by atoms with van der Waals surface area (Å²) < 4.78 is 6.74. The van der Waals surface area contributed by atoms with Gasteiger partial charge in [0, 0.05) is 27.9 Å². The lowest BCUT2D eigenvalue weighted by Gasteiger charge is -2.13.